The largest absolute Gasteiger partial charge is 0.369 e. The van der Waals surface area contributed by atoms with Crippen molar-refractivity contribution in [3.05, 3.63) is 0 Å². The summed E-state index contributed by atoms with van der Waals surface area (Å²) in [4.78, 5) is 10.6. The number of amides is 1. The fraction of sp³-hybridized carbons (Fsp3) is 0.857. The number of primary amides is 1. The van der Waals surface area contributed by atoms with Gasteiger partial charge in [0.15, 0.2) is 0 Å². The van der Waals surface area contributed by atoms with Crippen LogP contribution in [0.4, 0.5) is 0 Å². The maximum absolute atomic E-state index is 10.6. The predicted octanol–water partition coefficient (Wildman–Crippen LogP) is 1.47. The lowest BCUT2D eigenvalue weighted by Crippen LogP contribution is -2.24. The minimum Gasteiger partial charge on any atom is -0.369 e. The van der Waals surface area contributed by atoms with Gasteiger partial charge in [0.2, 0.25) is 5.91 Å². The van der Waals surface area contributed by atoms with E-state index in [0.29, 0.717) is 0 Å². The van der Waals surface area contributed by atoms with Crippen LogP contribution in [0.25, 0.3) is 0 Å². The molecule has 3 heteroatoms. The summed E-state index contributed by atoms with van der Waals surface area (Å²) in [6.45, 7) is 0. The Bertz CT molecular complexity index is 110. The highest BCUT2D eigenvalue weighted by molar-refractivity contribution is 5.85. The molecule has 1 rings (SSSR count). The minimum absolute atomic E-state index is 0. The zero-order valence-electron chi connectivity index (χ0n) is 6.01. The Morgan fingerprint density at radius 2 is 1.70 bits per heavy atom. The minimum atomic E-state index is -0.102. The van der Waals surface area contributed by atoms with Gasteiger partial charge in [-0.15, -0.1) is 12.4 Å². The first kappa shape index (κ1) is 9.76. The van der Waals surface area contributed by atoms with Crippen molar-refractivity contribution < 1.29 is 4.79 Å². The highest BCUT2D eigenvalue weighted by Gasteiger charge is 2.17. The molecule has 10 heavy (non-hydrogen) atoms. The van der Waals surface area contributed by atoms with Gasteiger partial charge in [-0.05, 0) is 12.8 Å². The summed E-state index contributed by atoms with van der Waals surface area (Å²) in [5, 5.41) is 0. The van der Waals surface area contributed by atoms with Crippen LogP contribution in [-0.2, 0) is 4.79 Å². The first-order valence-corrected chi connectivity index (χ1v) is 3.60. The highest BCUT2D eigenvalue weighted by Crippen LogP contribution is 2.22. The molecule has 0 bridgehead atoms. The normalized spacial score (nSPS) is 19.6. The Morgan fingerprint density at radius 3 is 2.00 bits per heavy atom. The van der Waals surface area contributed by atoms with Crippen molar-refractivity contribution in [1.29, 1.82) is 0 Å². The molecule has 2 nitrogen and oxygen atoms in total. The van der Waals surface area contributed by atoms with Crippen LogP contribution in [0.3, 0.4) is 0 Å². The summed E-state index contributed by atoms with van der Waals surface area (Å²) in [5.41, 5.74) is 5.13. The topological polar surface area (TPSA) is 43.1 Å². The molecule has 1 amide bonds. The van der Waals surface area contributed by atoms with Crippen molar-refractivity contribution in [2.45, 2.75) is 32.1 Å². The maximum Gasteiger partial charge on any atom is 0.220 e. The van der Waals surface area contributed by atoms with Crippen LogP contribution < -0.4 is 5.73 Å². The number of nitrogens with two attached hydrogens (primary N) is 1. The van der Waals surface area contributed by atoms with Crippen LogP contribution in [0.5, 0.6) is 0 Å². The quantitative estimate of drug-likeness (QED) is 0.625. The lowest BCUT2D eigenvalue weighted by atomic mass is 9.89. The maximum atomic E-state index is 10.6. The number of halogens is 1. The number of hydrogen-bond acceptors (Lipinski definition) is 1. The lowest BCUT2D eigenvalue weighted by Gasteiger charge is -2.17. The lowest BCUT2D eigenvalue weighted by molar-refractivity contribution is -0.122. The standard InChI is InChI=1S/C7H13NO.ClH/c8-7(9)6-4-2-1-3-5-6;/h6H,1-5H2,(H2,8,9);1H. The summed E-state index contributed by atoms with van der Waals surface area (Å²) < 4.78 is 0. The highest BCUT2D eigenvalue weighted by atomic mass is 35.5. The molecule has 0 aromatic heterocycles. The molecule has 0 spiro atoms. The van der Waals surface area contributed by atoms with Crippen molar-refractivity contribution in [1.82, 2.24) is 0 Å². The third-order valence-electron chi connectivity index (χ3n) is 2.01. The predicted molar refractivity (Wildman–Crippen MR) is 43.0 cm³/mol. The molecular formula is C7H14ClNO. The molecule has 1 saturated carbocycles. The van der Waals surface area contributed by atoms with Crippen LogP contribution in [0, 0.1) is 5.92 Å². The van der Waals surface area contributed by atoms with E-state index in [1.54, 1.807) is 0 Å². The van der Waals surface area contributed by atoms with E-state index < -0.39 is 0 Å². The first-order valence-electron chi connectivity index (χ1n) is 3.60. The van der Waals surface area contributed by atoms with Gasteiger partial charge in [-0.2, -0.15) is 0 Å². The van der Waals surface area contributed by atoms with Crippen LogP contribution in [-0.4, -0.2) is 5.91 Å². The molecule has 0 aromatic rings. The fourth-order valence-electron chi connectivity index (χ4n) is 1.39. The van der Waals surface area contributed by atoms with E-state index in [2.05, 4.69) is 0 Å². The van der Waals surface area contributed by atoms with Gasteiger partial charge in [0.1, 0.15) is 0 Å². The average molecular weight is 164 g/mol. The number of hydrogen-bond donors (Lipinski definition) is 1. The van der Waals surface area contributed by atoms with Gasteiger partial charge in [-0.1, -0.05) is 19.3 Å². The third kappa shape index (κ3) is 2.56. The van der Waals surface area contributed by atoms with Gasteiger partial charge in [-0.25, -0.2) is 0 Å². The zero-order valence-corrected chi connectivity index (χ0v) is 6.82. The van der Waals surface area contributed by atoms with Gasteiger partial charge in [-0.3, -0.25) is 4.79 Å². The zero-order chi connectivity index (χ0) is 6.69. The van der Waals surface area contributed by atoms with Crippen LogP contribution in [0.2, 0.25) is 0 Å². The van der Waals surface area contributed by atoms with Gasteiger partial charge >= 0.3 is 0 Å². The molecule has 2 N–H and O–H groups in total. The summed E-state index contributed by atoms with van der Waals surface area (Å²) in [5.74, 6) is 0.0912. The summed E-state index contributed by atoms with van der Waals surface area (Å²) in [6, 6.07) is 0. The second-order valence-electron chi connectivity index (χ2n) is 2.74. The van der Waals surface area contributed by atoms with Crippen molar-refractivity contribution in [2.24, 2.45) is 11.7 Å². The van der Waals surface area contributed by atoms with E-state index >= 15 is 0 Å². The second kappa shape index (κ2) is 4.56. The van der Waals surface area contributed by atoms with Crippen LogP contribution in [0.1, 0.15) is 32.1 Å². The molecule has 0 saturated heterocycles. The van der Waals surface area contributed by atoms with E-state index in [1.807, 2.05) is 0 Å². The van der Waals surface area contributed by atoms with Gasteiger partial charge in [0, 0.05) is 5.92 Å². The summed E-state index contributed by atoms with van der Waals surface area (Å²) in [6.07, 6.45) is 5.70. The van der Waals surface area contributed by atoms with Crippen LogP contribution in [0.15, 0.2) is 0 Å². The molecule has 1 aliphatic carbocycles. The van der Waals surface area contributed by atoms with Crippen molar-refractivity contribution >= 4 is 18.3 Å². The number of rotatable bonds is 1. The molecule has 0 unspecified atom stereocenters. The Hall–Kier alpha value is -0.240. The summed E-state index contributed by atoms with van der Waals surface area (Å²) in [7, 11) is 0. The van der Waals surface area contributed by atoms with E-state index in [9.17, 15) is 4.79 Å². The van der Waals surface area contributed by atoms with Crippen LogP contribution >= 0.6 is 12.4 Å². The molecule has 1 fully saturated rings. The monoisotopic (exact) mass is 163 g/mol. The average Bonchev–Trinajstić information content (AvgIpc) is 1.90. The SMILES string of the molecule is Cl.NC(=O)C1CCCCC1. The molecule has 0 aliphatic heterocycles. The Labute approximate surface area is 67.6 Å². The molecule has 1 aliphatic rings. The number of carbonyl (C=O) groups is 1. The summed E-state index contributed by atoms with van der Waals surface area (Å²) >= 11 is 0. The van der Waals surface area contributed by atoms with Gasteiger partial charge in [0.05, 0.1) is 0 Å². The fourth-order valence-corrected chi connectivity index (χ4v) is 1.39. The molecule has 60 valence electrons. The van der Waals surface area contributed by atoms with Gasteiger partial charge < -0.3 is 5.73 Å². The smallest absolute Gasteiger partial charge is 0.220 e. The van der Waals surface area contributed by atoms with Crippen molar-refractivity contribution in [2.75, 3.05) is 0 Å². The first-order chi connectivity index (χ1) is 4.30. The molecular weight excluding hydrogens is 150 g/mol. The van der Waals surface area contributed by atoms with E-state index in [1.165, 1.54) is 19.3 Å². The van der Waals surface area contributed by atoms with E-state index in [4.69, 9.17) is 5.73 Å². The Morgan fingerprint density at radius 1 is 1.20 bits per heavy atom. The Balaban J connectivity index is 0.000000810. The van der Waals surface area contributed by atoms with Crippen molar-refractivity contribution in [3.8, 4) is 0 Å². The molecule has 0 radical (unpaired) electrons. The molecule has 0 aromatic carbocycles. The second-order valence-corrected chi connectivity index (χ2v) is 2.74. The van der Waals surface area contributed by atoms with Gasteiger partial charge in [0.25, 0.3) is 0 Å². The number of carbonyl (C=O) groups excluding carboxylic acids is 1. The van der Waals surface area contributed by atoms with Crippen molar-refractivity contribution in [3.63, 3.8) is 0 Å². The molecule has 0 atom stereocenters. The Kier molecular flexibility index (Phi) is 4.45. The van der Waals surface area contributed by atoms with E-state index in [0.717, 1.165) is 12.8 Å². The third-order valence-corrected chi connectivity index (χ3v) is 2.01. The van der Waals surface area contributed by atoms with E-state index in [-0.39, 0.29) is 24.2 Å². The molecule has 0 heterocycles.